The monoisotopic (exact) mass is 681 g/mol. The van der Waals surface area contributed by atoms with Gasteiger partial charge in [0.2, 0.25) is 0 Å². The molecule has 0 radical (unpaired) electrons. The first-order valence-corrected chi connectivity index (χ1v) is 17.4. The van der Waals surface area contributed by atoms with Gasteiger partial charge in [-0.2, -0.15) is 0 Å². The Morgan fingerprint density at radius 3 is 2.82 bits per heavy atom. The summed E-state index contributed by atoms with van der Waals surface area (Å²) in [7, 11) is -1.54. The van der Waals surface area contributed by atoms with E-state index in [0.29, 0.717) is 34.2 Å². The zero-order valence-electron chi connectivity index (χ0n) is 23.7. The summed E-state index contributed by atoms with van der Waals surface area (Å²) >= 11 is 4.19. The van der Waals surface area contributed by atoms with Crippen LogP contribution in [-0.2, 0) is 36.7 Å². The maximum atomic E-state index is 13.4. The Labute approximate surface area is 261 Å². The molecule has 7 atom stereocenters. The Bertz CT molecular complexity index is 1840. The molecule has 0 bridgehead atoms. The lowest BCUT2D eigenvalue weighted by molar-refractivity contribution is -0.0388. The van der Waals surface area contributed by atoms with Crippen molar-refractivity contribution >= 4 is 61.2 Å². The second-order valence-corrected chi connectivity index (χ2v) is 14.2. The van der Waals surface area contributed by atoms with Crippen molar-refractivity contribution in [3.05, 3.63) is 48.6 Å². The molecule has 0 aliphatic carbocycles. The summed E-state index contributed by atoms with van der Waals surface area (Å²) in [5.74, 6) is -0.431. The van der Waals surface area contributed by atoms with E-state index in [1.165, 1.54) is 24.4 Å². The number of benzene rings is 1. The summed E-state index contributed by atoms with van der Waals surface area (Å²) in [5.41, 5.74) is 14.0. The van der Waals surface area contributed by atoms with Crippen LogP contribution in [0.4, 0.5) is 5.82 Å². The predicted molar refractivity (Wildman–Crippen MR) is 161 cm³/mol. The highest BCUT2D eigenvalue weighted by Crippen LogP contribution is 2.57. The largest absolute Gasteiger partial charge is 0.386 e. The predicted octanol–water partition coefficient (Wildman–Crippen LogP) is 2.58. The zero-order chi connectivity index (χ0) is 31.9. The van der Waals surface area contributed by atoms with Crippen LogP contribution in [0.3, 0.4) is 0 Å². The number of aromatic nitrogens is 7. The van der Waals surface area contributed by atoms with E-state index in [4.69, 9.17) is 39.0 Å². The van der Waals surface area contributed by atoms with Gasteiger partial charge in [-0.15, -0.1) is 5.10 Å². The molecule has 240 valence electrons. The molecular formula is C24H29N9O9P2S. The van der Waals surface area contributed by atoms with Gasteiger partial charge in [-0.3, -0.25) is 23.0 Å². The van der Waals surface area contributed by atoms with Crippen LogP contribution in [0.5, 0.6) is 0 Å². The summed E-state index contributed by atoms with van der Waals surface area (Å²) in [5, 5.41) is 8.23. The van der Waals surface area contributed by atoms with Gasteiger partial charge in [-0.05, 0) is 17.7 Å². The fraction of sp³-hybridized carbons (Fsp3) is 0.417. The minimum absolute atomic E-state index is 0.159. The molecule has 4 aromatic rings. The summed E-state index contributed by atoms with van der Waals surface area (Å²) in [6.07, 6.45) is -0.394. The number of rotatable bonds is 12. The number of nitrogen functional groups attached to an aromatic ring is 1. The molecule has 5 heterocycles. The third-order valence-corrected chi connectivity index (χ3v) is 9.70. The first-order valence-electron chi connectivity index (χ1n) is 13.5. The second-order valence-electron chi connectivity index (χ2n) is 10.1. The zero-order valence-corrected chi connectivity index (χ0v) is 26.5. The van der Waals surface area contributed by atoms with E-state index in [0.717, 1.165) is 0 Å². The number of imidazole rings is 1. The Morgan fingerprint density at radius 2 is 2.04 bits per heavy atom. The lowest BCUT2D eigenvalue weighted by Crippen LogP contribution is -2.28. The summed E-state index contributed by atoms with van der Waals surface area (Å²) in [6.45, 7) is -0.369. The van der Waals surface area contributed by atoms with Crippen LogP contribution >= 0.6 is 27.3 Å². The van der Waals surface area contributed by atoms with E-state index in [9.17, 15) is 13.9 Å². The highest BCUT2D eigenvalue weighted by Gasteiger charge is 2.43. The van der Waals surface area contributed by atoms with Gasteiger partial charge in [-0.1, -0.05) is 30.1 Å². The quantitative estimate of drug-likeness (QED) is 0.111. The van der Waals surface area contributed by atoms with Crippen molar-refractivity contribution in [1.29, 1.82) is 0 Å². The summed E-state index contributed by atoms with van der Waals surface area (Å²) in [4.78, 5) is 24.2. The standard InChI is InChI=1S/C24H29N9O9P2S/c1-12-6-19(33-14-5-3-4-13(23(26)34)20(14)30-31-33)40-16(12)9-39-44(36,45)42-15-7-18(41-17(15)8-38-43(35)37-2)32-11-29-21-22(25)27-10-28-24(21)32/h3-5,10-11,15-19,43H,1,6-9H2,2H3,(H2,26,34)(H,36,45)(H2,25,27,28)/t15-,16+,17+,18+,19+,44+/m0/s1. The fourth-order valence-corrected chi connectivity index (χ4v) is 7.08. The number of carbonyl (C=O) groups is 1. The van der Waals surface area contributed by atoms with Gasteiger partial charge < -0.3 is 30.0 Å². The number of ether oxygens (including phenoxy) is 2. The normalized spacial score (nSPS) is 25.6. The van der Waals surface area contributed by atoms with Gasteiger partial charge in [0.05, 0.1) is 30.6 Å². The minimum atomic E-state index is -4.03. The van der Waals surface area contributed by atoms with Crippen molar-refractivity contribution in [3.63, 3.8) is 0 Å². The Balaban J connectivity index is 1.13. The maximum absolute atomic E-state index is 13.4. The Kier molecular flexibility index (Phi) is 9.07. The van der Waals surface area contributed by atoms with Crippen molar-refractivity contribution in [2.75, 3.05) is 26.1 Å². The van der Waals surface area contributed by atoms with Crippen LogP contribution in [-0.4, -0.2) is 79.1 Å². The number of anilines is 1. The van der Waals surface area contributed by atoms with Crippen molar-refractivity contribution in [3.8, 4) is 0 Å². The number of hydrogen-bond donors (Lipinski definition) is 3. The van der Waals surface area contributed by atoms with E-state index in [-0.39, 0.29) is 31.0 Å². The number of thiol groups is 1. The van der Waals surface area contributed by atoms with Crippen LogP contribution in [0, 0.1) is 0 Å². The number of primary amides is 1. The number of nitrogens with zero attached hydrogens (tertiary/aromatic N) is 7. The molecule has 6 rings (SSSR count). The number of hydrogen-bond acceptors (Lipinski definition) is 15. The Morgan fingerprint density at radius 1 is 1.22 bits per heavy atom. The van der Waals surface area contributed by atoms with E-state index in [1.54, 1.807) is 22.8 Å². The van der Waals surface area contributed by atoms with Crippen molar-refractivity contribution in [2.24, 2.45) is 5.73 Å². The van der Waals surface area contributed by atoms with E-state index in [2.05, 4.69) is 44.1 Å². The molecule has 21 heteroatoms. The van der Waals surface area contributed by atoms with E-state index >= 15 is 0 Å². The van der Waals surface area contributed by atoms with Crippen molar-refractivity contribution < 1.29 is 41.5 Å². The number of fused-ring (bicyclic) bond motifs is 2. The van der Waals surface area contributed by atoms with Crippen LogP contribution in [0.1, 0.15) is 35.7 Å². The highest BCUT2D eigenvalue weighted by molar-refractivity contribution is 8.44. The molecule has 2 aliphatic rings. The molecule has 2 aliphatic heterocycles. The van der Waals surface area contributed by atoms with E-state index in [1.807, 2.05) is 0 Å². The van der Waals surface area contributed by atoms with E-state index < -0.39 is 51.7 Å². The van der Waals surface area contributed by atoms with Gasteiger partial charge in [0.1, 0.15) is 41.9 Å². The van der Waals surface area contributed by atoms with Crippen LogP contribution in [0.15, 0.2) is 43.0 Å². The smallest absolute Gasteiger partial charge is 0.382 e. The minimum Gasteiger partial charge on any atom is -0.382 e. The molecule has 18 nitrogen and oxygen atoms in total. The molecule has 1 amide bonds. The SMILES string of the molecule is C=C1C[C@H](n2nnc3c(C(N)=O)cccc32)O[C@@H]1CO[P@@](=O)(S)O[C@H]1C[C@H](n2cnc3c(N)ncnc32)O[C@@H]1CO[PH](=O)OC. The molecule has 1 aromatic carbocycles. The summed E-state index contributed by atoms with van der Waals surface area (Å²) < 4.78 is 62.1. The molecule has 1 unspecified atom stereocenters. The van der Waals surface area contributed by atoms with Gasteiger partial charge in [0.25, 0.3) is 5.91 Å². The Hall–Kier alpha value is -3.25. The number of nitrogens with two attached hydrogens (primary N) is 2. The van der Waals surface area contributed by atoms with Crippen LogP contribution in [0.2, 0.25) is 0 Å². The topological polar surface area (TPSA) is 233 Å². The summed E-state index contributed by atoms with van der Waals surface area (Å²) in [6, 6.07) is 4.97. The molecule has 2 saturated heterocycles. The lowest BCUT2D eigenvalue weighted by atomic mass is 10.1. The van der Waals surface area contributed by atoms with Gasteiger partial charge in [-0.25, -0.2) is 24.2 Å². The van der Waals surface area contributed by atoms with Crippen LogP contribution in [0.25, 0.3) is 22.2 Å². The van der Waals surface area contributed by atoms with Gasteiger partial charge in [0, 0.05) is 20.0 Å². The number of amides is 1. The average molecular weight is 682 g/mol. The second kappa shape index (κ2) is 12.9. The molecule has 3 aromatic heterocycles. The first kappa shape index (κ1) is 31.7. The number of carbonyl (C=O) groups excluding carboxylic acids is 1. The first-order chi connectivity index (χ1) is 21.5. The van der Waals surface area contributed by atoms with Crippen molar-refractivity contribution in [1.82, 2.24) is 34.5 Å². The molecule has 4 N–H and O–H groups in total. The average Bonchev–Trinajstić information content (AvgIpc) is 3.79. The maximum Gasteiger partial charge on any atom is 0.386 e. The molecule has 0 saturated carbocycles. The van der Waals surface area contributed by atoms with Gasteiger partial charge in [0.15, 0.2) is 17.7 Å². The lowest BCUT2D eigenvalue weighted by Gasteiger charge is -2.23. The van der Waals surface area contributed by atoms with Gasteiger partial charge >= 0.3 is 15.1 Å². The molecule has 0 spiro atoms. The van der Waals surface area contributed by atoms with Crippen LogP contribution < -0.4 is 11.5 Å². The van der Waals surface area contributed by atoms with Crippen molar-refractivity contribution in [2.45, 2.75) is 43.6 Å². The highest BCUT2D eigenvalue weighted by atomic mass is 32.7. The molecule has 2 fully saturated rings. The third kappa shape index (κ3) is 6.54. The molecular weight excluding hydrogens is 652 g/mol. The molecule has 45 heavy (non-hydrogen) atoms. The fourth-order valence-electron chi connectivity index (χ4n) is 5.15. The third-order valence-electron chi connectivity index (χ3n) is 7.32.